The Morgan fingerprint density at radius 1 is 0.871 bits per heavy atom. The maximum absolute atomic E-state index is 12.3. The molecule has 0 bridgehead atoms. The van der Waals surface area contributed by atoms with Gasteiger partial charge in [-0.1, -0.05) is 54.6 Å². The Bertz CT molecular complexity index is 1140. The third-order valence-electron chi connectivity index (χ3n) is 4.27. The van der Waals surface area contributed by atoms with Crippen molar-refractivity contribution in [2.45, 2.75) is 6.36 Å². The van der Waals surface area contributed by atoms with E-state index < -0.39 is 6.36 Å². The quantitative estimate of drug-likeness (QED) is 0.496. The number of nitrogens with zero attached hydrogens (tertiary/aromatic N) is 1. The molecule has 1 N–H and O–H groups in total. The van der Waals surface area contributed by atoms with Crippen LogP contribution in [0.3, 0.4) is 0 Å². The lowest BCUT2D eigenvalue weighted by atomic mass is 10.0. The third-order valence-corrected chi connectivity index (χ3v) is 5.18. The topological polar surface area (TPSA) is 50.7 Å². The fraction of sp³-hybridized carbons (Fsp3) is 0.0435. The van der Waals surface area contributed by atoms with Crippen LogP contribution in [-0.2, 0) is 4.79 Å². The molecular formula is C23H15F3N2O2S. The van der Waals surface area contributed by atoms with Crippen LogP contribution in [0.5, 0.6) is 5.75 Å². The van der Waals surface area contributed by atoms with Gasteiger partial charge in [0.05, 0.1) is 10.6 Å². The second kappa shape index (κ2) is 8.69. The zero-order valence-corrected chi connectivity index (χ0v) is 16.7. The minimum atomic E-state index is -4.72. The van der Waals surface area contributed by atoms with Crippen molar-refractivity contribution in [3.63, 3.8) is 0 Å². The van der Waals surface area contributed by atoms with Crippen molar-refractivity contribution >= 4 is 34.6 Å². The Kier molecular flexibility index (Phi) is 5.81. The molecule has 31 heavy (non-hydrogen) atoms. The average molecular weight is 440 g/mol. The monoisotopic (exact) mass is 440 g/mol. The summed E-state index contributed by atoms with van der Waals surface area (Å²) in [5.74, 6) is -0.487. The number of aliphatic imine (C=N–C) groups is 1. The van der Waals surface area contributed by atoms with Gasteiger partial charge < -0.3 is 10.1 Å². The summed E-state index contributed by atoms with van der Waals surface area (Å²) in [5, 5.41) is 3.26. The lowest BCUT2D eigenvalue weighted by molar-refractivity contribution is -0.274. The summed E-state index contributed by atoms with van der Waals surface area (Å²) in [4.78, 5) is 17.2. The lowest BCUT2D eigenvalue weighted by Crippen LogP contribution is -2.19. The standard InChI is InChI=1S/C23H15F3N2O2S/c24-23(25,26)30-19-12-10-17(11-13-19)16-8-6-15(7-9-16)14-20-21(29)28-22(31-20)27-18-4-2-1-3-5-18/h1-14H,(H,27,28,29)/b20-14+. The Labute approximate surface area is 180 Å². The number of amidine groups is 1. The second-order valence-corrected chi connectivity index (χ2v) is 7.54. The van der Waals surface area contributed by atoms with Crippen molar-refractivity contribution in [2.75, 3.05) is 0 Å². The first kappa shape index (κ1) is 20.7. The molecule has 156 valence electrons. The van der Waals surface area contributed by atoms with Crippen LogP contribution in [0.25, 0.3) is 17.2 Å². The van der Waals surface area contributed by atoms with Crippen molar-refractivity contribution in [2.24, 2.45) is 4.99 Å². The number of amides is 1. The number of nitrogens with one attached hydrogen (secondary N) is 1. The maximum atomic E-state index is 12.3. The highest BCUT2D eigenvalue weighted by molar-refractivity contribution is 8.18. The average Bonchev–Trinajstić information content (AvgIpc) is 3.07. The van der Waals surface area contributed by atoms with Gasteiger partial charge in [-0.15, -0.1) is 13.2 Å². The lowest BCUT2D eigenvalue weighted by Gasteiger charge is -2.09. The summed E-state index contributed by atoms with van der Waals surface area (Å²) in [6.07, 6.45) is -2.95. The summed E-state index contributed by atoms with van der Waals surface area (Å²) < 4.78 is 40.7. The fourth-order valence-corrected chi connectivity index (χ4v) is 3.71. The van der Waals surface area contributed by atoms with E-state index in [-0.39, 0.29) is 11.7 Å². The summed E-state index contributed by atoms with van der Waals surface area (Å²) in [6, 6.07) is 22.3. The molecule has 1 aliphatic rings. The Morgan fingerprint density at radius 2 is 1.48 bits per heavy atom. The molecule has 3 aromatic rings. The summed E-state index contributed by atoms with van der Waals surface area (Å²) in [5.41, 5.74) is 3.15. The molecule has 4 rings (SSSR count). The molecule has 1 heterocycles. The Hall–Kier alpha value is -3.52. The second-order valence-electron chi connectivity index (χ2n) is 6.51. The van der Waals surface area contributed by atoms with Crippen molar-refractivity contribution < 1.29 is 22.7 Å². The zero-order valence-electron chi connectivity index (χ0n) is 15.9. The summed E-state index contributed by atoms with van der Waals surface area (Å²) in [6.45, 7) is 0. The van der Waals surface area contributed by atoms with Gasteiger partial charge in [-0.25, -0.2) is 4.99 Å². The van der Waals surface area contributed by atoms with Gasteiger partial charge in [-0.2, -0.15) is 0 Å². The molecule has 3 aromatic carbocycles. The molecule has 1 fully saturated rings. The SMILES string of the molecule is O=C1NC(=Nc2ccccc2)S/C1=C/c1ccc(-c2ccc(OC(F)(F)F)cc2)cc1. The van der Waals surface area contributed by atoms with Gasteiger partial charge in [0.25, 0.3) is 5.91 Å². The van der Waals surface area contributed by atoms with Gasteiger partial charge in [0.1, 0.15) is 5.75 Å². The van der Waals surface area contributed by atoms with E-state index >= 15 is 0 Å². The van der Waals surface area contributed by atoms with Crippen molar-refractivity contribution in [3.8, 4) is 16.9 Å². The number of hydrogen-bond donors (Lipinski definition) is 1. The van der Waals surface area contributed by atoms with E-state index in [2.05, 4.69) is 15.0 Å². The van der Waals surface area contributed by atoms with Crippen LogP contribution in [0.4, 0.5) is 18.9 Å². The van der Waals surface area contributed by atoms with Crippen molar-refractivity contribution in [1.82, 2.24) is 5.32 Å². The summed E-state index contributed by atoms with van der Waals surface area (Å²) >= 11 is 1.26. The molecule has 0 aliphatic carbocycles. The van der Waals surface area contributed by atoms with E-state index in [1.54, 1.807) is 18.2 Å². The highest BCUT2D eigenvalue weighted by atomic mass is 32.2. The largest absolute Gasteiger partial charge is 0.573 e. The van der Waals surface area contributed by atoms with Gasteiger partial charge >= 0.3 is 6.36 Å². The van der Waals surface area contributed by atoms with Crippen LogP contribution < -0.4 is 10.1 Å². The minimum Gasteiger partial charge on any atom is -0.406 e. The normalized spacial score (nSPS) is 16.5. The number of rotatable bonds is 4. The number of alkyl halides is 3. The summed E-state index contributed by atoms with van der Waals surface area (Å²) in [7, 11) is 0. The molecule has 4 nitrogen and oxygen atoms in total. The number of carbonyl (C=O) groups is 1. The number of thioether (sulfide) groups is 1. The number of carbonyl (C=O) groups excluding carboxylic acids is 1. The fourth-order valence-electron chi connectivity index (χ4n) is 2.87. The first-order valence-electron chi connectivity index (χ1n) is 9.17. The van der Waals surface area contributed by atoms with Gasteiger partial charge in [-0.05, 0) is 58.8 Å². The molecule has 0 spiro atoms. The molecule has 0 saturated carbocycles. The first-order valence-corrected chi connectivity index (χ1v) is 9.98. The number of ether oxygens (including phenoxy) is 1. The van der Waals surface area contributed by atoms with E-state index in [4.69, 9.17) is 0 Å². The molecular weight excluding hydrogens is 425 g/mol. The highest BCUT2D eigenvalue weighted by Crippen LogP contribution is 2.30. The zero-order chi connectivity index (χ0) is 21.8. The number of benzene rings is 3. The molecule has 0 aromatic heterocycles. The van der Waals surface area contributed by atoms with Crippen LogP contribution in [0.2, 0.25) is 0 Å². The van der Waals surface area contributed by atoms with E-state index in [1.807, 2.05) is 54.6 Å². The third kappa shape index (κ3) is 5.55. The van der Waals surface area contributed by atoms with Crippen LogP contribution in [0.1, 0.15) is 5.56 Å². The van der Waals surface area contributed by atoms with Gasteiger partial charge in [-0.3, -0.25) is 4.79 Å². The minimum absolute atomic E-state index is 0.219. The number of para-hydroxylation sites is 1. The number of hydrogen-bond acceptors (Lipinski definition) is 4. The maximum Gasteiger partial charge on any atom is 0.573 e. The van der Waals surface area contributed by atoms with Crippen LogP contribution in [-0.4, -0.2) is 17.4 Å². The number of halogens is 3. The van der Waals surface area contributed by atoms with Gasteiger partial charge in [0.2, 0.25) is 0 Å². The van der Waals surface area contributed by atoms with Crippen molar-refractivity contribution in [1.29, 1.82) is 0 Å². The van der Waals surface area contributed by atoms with E-state index in [0.29, 0.717) is 10.1 Å². The van der Waals surface area contributed by atoms with E-state index in [0.717, 1.165) is 22.4 Å². The van der Waals surface area contributed by atoms with Crippen molar-refractivity contribution in [3.05, 3.63) is 89.3 Å². The molecule has 0 atom stereocenters. The molecule has 8 heteroatoms. The Balaban J connectivity index is 1.46. The molecule has 0 unspecified atom stereocenters. The van der Waals surface area contributed by atoms with Crippen LogP contribution in [0, 0.1) is 0 Å². The molecule has 0 radical (unpaired) electrons. The van der Waals surface area contributed by atoms with E-state index in [1.165, 1.54) is 23.9 Å². The van der Waals surface area contributed by atoms with Gasteiger partial charge in [0.15, 0.2) is 5.17 Å². The predicted octanol–water partition coefficient (Wildman–Crippen LogP) is 6.14. The first-order chi connectivity index (χ1) is 14.9. The smallest absolute Gasteiger partial charge is 0.406 e. The van der Waals surface area contributed by atoms with Crippen LogP contribution in [0.15, 0.2) is 88.8 Å². The molecule has 1 amide bonds. The molecule has 1 saturated heterocycles. The Morgan fingerprint density at radius 3 is 2.10 bits per heavy atom. The molecule has 1 aliphatic heterocycles. The van der Waals surface area contributed by atoms with Gasteiger partial charge in [0, 0.05) is 0 Å². The highest BCUT2D eigenvalue weighted by Gasteiger charge is 2.31. The predicted molar refractivity (Wildman–Crippen MR) is 116 cm³/mol. The van der Waals surface area contributed by atoms with E-state index in [9.17, 15) is 18.0 Å². The van der Waals surface area contributed by atoms with Crippen LogP contribution >= 0.6 is 11.8 Å².